The Hall–Kier alpha value is -1.69. The zero-order chi connectivity index (χ0) is 13.1. The number of rotatable bonds is 4. The molecule has 1 fully saturated rings. The summed E-state index contributed by atoms with van der Waals surface area (Å²) in [5.74, 6) is 1.50. The maximum Gasteiger partial charge on any atom is 0.165 e. The van der Waals surface area contributed by atoms with E-state index in [1.807, 2.05) is 10.9 Å². The van der Waals surface area contributed by atoms with E-state index in [2.05, 4.69) is 27.2 Å². The summed E-state index contributed by atoms with van der Waals surface area (Å²) in [6, 6.07) is 0. The normalized spacial score (nSPS) is 16.9. The van der Waals surface area contributed by atoms with Gasteiger partial charge >= 0.3 is 0 Å². The van der Waals surface area contributed by atoms with Crippen molar-refractivity contribution in [1.29, 1.82) is 0 Å². The molecule has 1 aliphatic heterocycles. The van der Waals surface area contributed by atoms with Crippen LogP contribution in [0, 0.1) is 5.92 Å². The van der Waals surface area contributed by atoms with Crippen LogP contribution in [0.5, 0.6) is 0 Å². The minimum Gasteiger partial charge on any atom is -0.381 e. The molecule has 3 heterocycles. The second-order valence-corrected chi connectivity index (χ2v) is 4.86. The third-order valence-electron chi connectivity index (χ3n) is 3.64. The Bertz CT molecular complexity index is 547. The topological polar surface area (TPSA) is 64.9 Å². The molecule has 0 amide bonds. The van der Waals surface area contributed by atoms with E-state index in [9.17, 15) is 0 Å². The maximum absolute atomic E-state index is 5.37. The molecule has 0 radical (unpaired) electrons. The van der Waals surface area contributed by atoms with Crippen molar-refractivity contribution in [2.24, 2.45) is 5.92 Å². The van der Waals surface area contributed by atoms with Gasteiger partial charge in [0.25, 0.3) is 0 Å². The van der Waals surface area contributed by atoms with Crippen LogP contribution >= 0.6 is 0 Å². The summed E-state index contributed by atoms with van der Waals surface area (Å²) in [5, 5.41) is 3.41. The Labute approximate surface area is 112 Å². The lowest BCUT2D eigenvalue weighted by Crippen LogP contribution is -2.23. The van der Waals surface area contributed by atoms with Gasteiger partial charge in [0.15, 0.2) is 11.5 Å². The highest BCUT2D eigenvalue weighted by molar-refractivity contribution is 5.82. The lowest BCUT2D eigenvalue weighted by atomic mass is 10.0. The van der Waals surface area contributed by atoms with Gasteiger partial charge in [-0.2, -0.15) is 0 Å². The highest BCUT2D eigenvalue weighted by atomic mass is 16.5. The van der Waals surface area contributed by atoms with Gasteiger partial charge in [0.1, 0.15) is 11.8 Å². The first-order valence-corrected chi connectivity index (χ1v) is 6.86. The fourth-order valence-corrected chi connectivity index (χ4v) is 2.43. The van der Waals surface area contributed by atoms with Crippen LogP contribution in [0.2, 0.25) is 0 Å². The zero-order valence-corrected chi connectivity index (χ0v) is 11.2. The average molecular weight is 261 g/mol. The number of aromatic nitrogens is 4. The van der Waals surface area contributed by atoms with Gasteiger partial charge in [-0.1, -0.05) is 0 Å². The largest absolute Gasteiger partial charge is 0.381 e. The summed E-state index contributed by atoms with van der Waals surface area (Å²) in [6.45, 7) is 5.62. The molecule has 0 saturated carbocycles. The predicted molar refractivity (Wildman–Crippen MR) is 73.0 cm³/mol. The van der Waals surface area contributed by atoms with Gasteiger partial charge in [-0.3, -0.25) is 0 Å². The fourth-order valence-electron chi connectivity index (χ4n) is 2.43. The van der Waals surface area contributed by atoms with E-state index >= 15 is 0 Å². The first kappa shape index (κ1) is 12.3. The SMILES string of the molecule is CCn1cnc2c(NCC3CCOCC3)ncnc21. The number of ether oxygens (including phenoxy) is 1. The Morgan fingerprint density at radius 2 is 2.16 bits per heavy atom. The number of hydrogen-bond donors (Lipinski definition) is 1. The van der Waals surface area contributed by atoms with Gasteiger partial charge in [-0.25, -0.2) is 15.0 Å². The van der Waals surface area contributed by atoms with Crippen molar-refractivity contribution in [3.8, 4) is 0 Å². The van der Waals surface area contributed by atoms with E-state index < -0.39 is 0 Å². The monoisotopic (exact) mass is 261 g/mol. The molecule has 0 aromatic carbocycles. The summed E-state index contributed by atoms with van der Waals surface area (Å²) in [7, 11) is 0. The number of nitrogens with one attached hydrogen (secondary N) is 1. The van der Waals surface area contributed by atoms with E-state index in [0.29, 0.717) is 5.92 Å². The standard InChI is InChI=1S/C13H19N5O/c1-2-18-9-17-11-12(15-8-16-13(11)18)14-7-10-3-5-19-6-4-10/h8-10H,2-7H2,1H3,(H,14,15,16). The Morgan fingerprint density at radius 1 is 1.32 bits per heavy atom. The molecule has 0 atom stereocenters. The molecule has 2 aromatic rings. The van der Waals surface area contributed by atoms with E-state index in [0.717, 1.165) is 56.1 Å². The van der Waals surface area contributed by atoms with Gasteiger partial charge in [0.2, 0.25) is 0 Å². The van der Waals surface area contributed by atoms with Crippen LogP contribution in [0.15, 0.2) is 12.7 Å². The van der Waals surface area contributed by atoms with Gasteiger partial charge in [0, 0.05) is 26.3 Å². The lowest BCUT2D eigenvalue weighted by Gasteiger charge is -2.22. The van der Waals surface area contributed by atoms with E-state index in [4.69, 9.17) is 4.74 Å². The molecule has 1 saturated heterocycles. The first-order valence-electron chi connectivity index (χ1n) is 6.86. The number of fused-ring (bicyclic) bond motifs is 1. The number of nitrogens with zero attached hydrogens (tertiary/aromatic N) is 4. The Morgan fingerprint density at radius 3 is 2.95 bits per heavy atom. The molecule has 1 aliphatic rings. The first-order chi connectivity index (χ1) is 9.38. The molecule has 1 N–H and O–H groups in total. The number of imidazole rings is 1. The lowest BCUT2D eigenvalue weighted by molar-refractivity contribution is 0.0699. The molecule has 0 aliphatic carbocycles. The molecule has 3 rings (SSSR count). The van der Waals surface area contributed by atoms with Crippen molar-refractivity contribution in [2.75, 3.05) is 25.1 Å². The summed E-state index contributed by atoms with van der Waals surface area (Å²) in [5.41, 5.74) is 1.75. The van der Waals surface area contributed by atoms with Crippen LogP contribution in [0.1, 0.15) is 19.8 Å². The van der Waals surface area contributed by atoms with Crippen molar-refractivity contribution >= 4 is 17.0 Å². The average Bonchev–Trinajstić information content (AvgIpc) is 2.90. The van der Waals surface area contributed by atoms with E-state index in [-0.39, 0.29) is 0 Å². The van der Waals surface area contributed by atoms with Crippen molar-refractivity contribution in [3.63, 3.8) is 0 Å². The quantitative estimate of drug-likeness (QED) is 0.907. The molecule has 2 aromatic heterocycles. The number of anilines is 1. The Kier molecular flexibility index (Phi) is 3.59. The van der Waals surface area contributed by atoms with E-state index in [1.54, 1.807) is 6.33 Å². The minimum atomic E-state index is 0.659. The number of hydrogen-bond acceptors (Lipinski definition) is 5. The highest BCUT2D eigenvalue weighted by Crippen LogP contribution is 2.19. The third-order valence-corrected chi connectivity index (χ3v) is 3.64. The van der Waals surface area contributed by atoms with Gasteiger partial charge in [-0.05, 0) is 25.7 Å². The predicted octanol–water partition coefficient (Wildman–Crippen LogP) is 1.68. The summed E-state index contributed by atoms with van der Waals surface area (Å²) < 4.78 is 7.40. The van der Waals surface area contributed by atoms with E-state index in [1.165, 1.54) is 0 Å². The molecular formula is C13H19N5O. The van der Waals surface area contributed by atoms with Crippen molar-refractivity contribution in [3.05, 3.63) is 12.7 Å². The summed E-state index contributed by atoms with van der Waals surface area (Å²) in [6.07, 6.45) is 5.65. The zero-order valence-electron chi connectivity index (χ0n) is 11.2. The van der Waals surface area contributed by atoms with Gasteiger partial charge in [-0.15, -0.1) is 0 Å². The van der Waals surface area contributed by atoms with Crippen LogP contribution in [0.3, 0.4) is 0 Å². The van der Waals surface area contributed by atoms with Crippen LogP contribution in [0.4, 0.5) is 5.82 Å². The van der Waals surface area contributed by atoms with Crippen LogP contribution < -0.4 is 5.32 Å². The van der Waals surface area contributed by atoms with Gasteiger partial charge < -0.3 is 14.6 Å². The van der Waals surface area contributed by atoms with Crippen molar-refractivity contribution in [1.82, 2.24) is 19.5 Å². The second-order valence-electron chi connectivity index (χ2n) is 4.86. The third kappa shape index (κ3) is 2.53. The number of aryl methyl sites for hydroxylation is 1. The summed E-state index contributed by atoms with van der Waals surface area (Å²) in [4.78, 5) is 13.0. The molecular weight excluding hydrogens is 242 g/mol. The van der Waals surface area contributed by atoms with Crippen molar-refractivity contribution < 1.29 is 4.74 Å². The molecule has 0 unspecified atom stereocenters. The molecule has 0 bridgehead atoms. The fraction of sp³-hybridized carbons (Fsp3) is 0.615. The van der Waals surface area contributed by atoms with Gasteiger partial charge in [0.05, 0.1) is 6.33 Å². The smallest absolute Gasteiger partial charge is 0.165 e. The molecule has 102 valence electrons. The molecule has 0 spiro atoms. The second kappa shape index (κ2) is 5.52. The van der Waals surface area contributed by atoms with Crippen molar-refractivity contribution in [2.45, 2.75) is 26.3 Å². The Balaban J connectivity index is 1.75. The summed E-state index contributed by atoms with van der Waals surface area (Å²) >= 11 is 0. The molecule has 19 heavy (non-hydrogen) atoms. The molecule has 6 nitrogen and oxygen atoms in total. The minimum absolute atomic E-state index is 0.659. The maximum atomic E-state index is 5.37. The van der Waals surface area contributed by atoms with Crippen LogP contribution in [-0.4, -0.2) is 39.3 Å². The molecule has 6 heteroatoms. The van der Waals surface area contributed by atoms with Crippen LogP contribution in [-0.2, 0) is 11.3 Å². The van der Waals surface area contributed by atoms with Crippen LogP contribution in [0.25, 0.3) is 11.2 Å². The highest BCUT2D eigenvalue weighted by Gasteiger charge is 2.15.